The maximum absolute atomic E-state index is 8.80. The van der Waals surface area contributed by atoms with Gasteiger partial charge in [0.25, 0.3) is 0 Å². The fourth-order valence-corrected chi connectivity index (χ4v) is 2.94. The number of hydrogen-bond donors (Lipinski definition) is 2. The van der Waals surface area contributed by atoms with Gasteiger partial charge in [-0.2, -0.15) is 0 Å². The van der Waals surface area contributed by atoms with E-state index in [-0.39, 0.29) is 6.61 Å². The van der Waals surface area contributed by atoms with Crippen LogP contribution in [0.2, 0.25) is 0 Å². The summed E-state index contributed by atoms with van der Waals surface area (Å²) >= 11 is 5.15. The lowest BCUT2D eigenvalue weighted by Crippen LogP contribution is -2.13. The molecule has 5 heteroatoms. The van der Waals surface area contributed by atoms with Gasteiger partial charge in [0.1, 0.15) is 12.4 Å². The second-order valence-electron chi connectivity index (χ2n) is 4.04. The highest BCUT2D eigenvalue weighted by molar-refractivity contribution is 9.11. The van der Waals surface area contributed by atoms with Gasteiger partial charge in [-0.3, -0.25) is 0 Å². The Balaban J connectivity index is 1.88. The molecule has 1 heterocycles. The summed E-state index contributed by atoms with van der Waals surface area (Å²) in [7, 11) is 0. The fraction of sp³-hybridized carbons (Fsp3) is 0.286. The molecule has 0 bridgehead atoms. The summed E-state index contributed by atoms with van der Waals surface area (Å²) in [6.45, 7) is 1.94. The number of para-hydroxylation sites is 1. The van der Waals surface area contributed by atoms with Crippen LogP contribution in [0, 0.1) is 0 Å². The Bertz CT molecular complexity index is 516. The molecule has 0 aliphatic rings. The largest absolute Gasteiger partial charge is 0.491 e. The summed E-state index contributed by atoms with van der Waals surface area (Å²) in [6, 6.07) is 10.00. The van der Waals surface area contributed by atoms with Crippen LogP contribution >= 0.6 is 27.3 Å². The minimum atomic E-state index is 0.0324. The van der Waals surface area contributed by atoms with Crippen molar-refractivity contribution in [2.75, 3.05) is 13.2 Å². The average molecular weight is 342 g/mol. The maximum Gasteiger partial charge on any atom is 0.123 e. The van der Waals surface area contributed by atoms with E-state index in [0.29, 0.717) is 6.61 Å². The van der Waals surface area contributed by atoms with E-state index in [9.17, 15) is 0 Å². The van der Waals surface area contributed by atoms with Gasteiger partial charge >= 0.3 is 0 Å². The van der Waals surface area contributed by atoms with E-state index in [1.165, 1.54) is 5.56 Å². The molecule has 2 aromatic rings. The van der Waals surface area contributed by atoms with E-state index in [1.54, 1.807) is 11.3 Å². The second kappa shape index (κ2) is 7.65. The molecule has 0 spiro atoms. The molecular formula is C14H16BrNO2S. The van der Waals surface area contributed by atoms with Crippen molar-refractivity contribution in [3.8, 4) is 5.75 Å². The number of rotatable bonds is 7. The summed E-state index contributed by atoms with van der Waals surface area (Å²) in [5.41, 5.74) is 2.37. The molecule has 0 atom stereocenters. The molecule has 2 rings (SSSR count). The van der Waals surface area contributed by atoms with Gasteiger partial charge in [0.15, 0.2) is 0 Å². The highest BCUT2D eigenvalue weighted by atomic mass is 79.9. The van der Waals surface area contributed by atoms with Gasteiger partial charge in [-0.05, 0) is 39.0 Å². The number of aliphatic hydroxyl groups is 1. The lowest BCUT2D eigenvalue weighted by molar-refractivity contribution is 0.200. The zero-order valence-electron chi connectivity index (χ0n) is 10.4. The first-order valence-corrected chi connectivity index (χ1v) is 7.72. The van der Waals surface area contributed by atoms with E-state index in [0.717, 1.165) is 28.2 Å². The molecule has 0 unspecified atom stereocenters. The molecule has 0 fully saturated rings. The third kappa shape index (κ3) is 4.62. The Kier molecular flexibility index (Phi) is 5.85. The fourth-order valence-electron chi connectivity index (χ4n) is 1.73. The second-order valence-corrected chi connectivity index (χ2v) is 6.33. The van der Waals surface area contributed by atoms with E-state index in [2.05, 4.69) is 32.7 Å². The van der Waals surface area contributed by atoms with E-state index in [4.69, 9.17) is 9.84 Å². The Labute approximate surface area is 125 Å². The zero-order chi connectivity index (χ0) is 13.5. The highest BCUT2D eigenvalue weighted by Gasteiger charge is 2.03. The summed E-state index contributed by atoms with van der Waals surface area (Å²) in [4.78, 5) is 0. The van der Waals surface area contributed by atoms with Crippen molar-refractivity contribution in [3.63, 3.8) is 0 Å². The molecule has 0 radical (unpaired) electrons. The number of benzene rings is 1. The van der Waals surface area contributed by atoms with Gasteiger partial charge in [0.2, 0.25) is 0 Å². The summed E-state index contributed by atoms with van der Waals surface area (Å²) in [5, 5.41) is 14.3. The molecule has 3 nitrogen and oxygen atoms in total. The van der Waals surface area contributed by atoms with Crippen LogP contribution in [0.4, 0.5) is 0 Å². The van der Waals surface area contributed by atoms with E-state index in [1.807, 2.05) is 24.3 Å². The number of ether oxygens (including phenoxy) is 1. The van der Waals surface area contributed by atoms with Crippen LogP contribution in [0.1, 0.15) is 11.1 Å². The summed E-state index contributed by atoms with van der Waals surface area (Å²) < 4.78 is 6.65. The molecule has 2 N–H and O–H groups in total. The molecular weight excluding hydrogens is 326 g/mol. The third-order valence-corrected chi connectivity index (χ3v) is 4.14. The number of nitrogens with one attached hydrogen (secondary N) is 1. The van der Waals surface area contributed by atoms with Crippen LogP contribution in [0.5, 0.6) is 5.75 Å². The molecule has 1 aromatic heterocycles. The van der Waals surface area contributed by atoms with Crippen LogP contribution in [0.25, 0.3) is 0 Å². The molecule has 102 valence electrons. The monoisotopic (exact) mass is 341 g/mol. The van der Waals surface area contributed by atoms with Crippen LogP contribution in [0.15, 0.2) is 39.5 Å². The first-order chi connectivity index (χ1) is 9.29. The third-order valence-electron chi connectivity index (χ3n) is 2.59. The molecule has 0 aliphatic heterocycles. The highest BCUT2D eigenvalue weighted by Crippen LogP contribution is 2.21. The number of halogens is 1. The zero-order valence-corrected chi connectivity index (χ0v) is 12.8. The van der Waals surface area contributed by atoms with Crippen molar-refractivity contribution in [2.24, 2.45) is 0 Å². The average Bonchev–Trinajstić information content (AvgIpc) is 2.83. The van der Waals surface area contributed by atoms with Crippen molar-refractivity contribution < 1.29 is 9.84 Å². The summed E-state index contributed by atoms with van der Waals surface area (Å²) in [5.74, 6) is 0.829. The van der Waals surface area contributed by atoms with Crippen molar-refractivity contribution in [1.82, 2.24) is 5.32 Å². The first-order valence-electron chi connectivity index (χ1n) is 6.05. The Morgan fingerprint density at radius 3 is 2.84 bits per heavy atom. The maximum atomic E-state index is 8.80. The lowest BCUT2D eigenvalue weighted by atomic mass is 10.2. The SMILES string of the molecule is OCCOc1ccccc1CNCc1csc(Br)c1. The predicted molar refractivity (Wildman–Crippen MR) is 81.6 cm³/mol. The van der Waals surface area contributed by atoms with E-state index >= 15 is 0 Å². The molecule has 0 saturated heterocycles. The van der Waals surface area contributed by atoms with Gasteiger partial charge in [-0.15, -0.1) is 11.3 Å². The number of hydrogen-bond acceptors (Lipinski definition) is 4. The predicted octanol–water partition coefficient (Wildman–Crippen LogP) is 3.17. The Hall–Kier alpha value is -0.880. The van der Waals surface area contributed by atoms with Gasteiger partial charge in [-0.1, -0.05) is 18.2 Å². The van der Waals surface area contributed by atoms with Crippen LogP contribution in [-0.4, -0.2) is 18.3 Å². The molecule has 1 aromatic carbocycles. The van der Waals surface area contributed by atoms with E-state index < -0.39 is 0 Å². The van der Waals surface area contributed by atoms with Gasteiger partial charge in [0, 0.05) is 18.7 Å². The molecule has 19 heavy (non-hydrogen) atoms. The molecule has 0 amide bonds. The van der Waals surface area contributed by atoms with Gasteiger partial charge < -0.3 is 15.2 Å². The Morgan fingerprint density at radius 1 is 1.26 bits per heavy atom. The minimum absolute atomic E-state index is 0.0324. The lowest BCUT2D eigenvalue weighted by Gasteiger charge is -2.11. The van der Waals surface area contributed by atoms with Gasteiger partial charge in [0.05, 0.1) is 10.4 Å². The number of aliphatic hydroxyl groups excluding tert-OH is 1. The van der Waals surface area contributed by atoms with Crippen molar-refractivity contribution in [3.05, 3.63) is 50.6 Å². The topological polar surface area (TPSA) is 41.5 Å². The Morgan fingerprint density at radius 2 is 2.11 bits per heavy atom. The van der Waals surface area contributed by atoms with Crippen molar-refractivity contribution in [1.29, 1.82) is 0 Å². The molecule has 0 aliphatic carbocycles. The first kappa shape index (κ1) is 14.5. The minimum Gasteiger partial charge on any atom is -0.491 e. The van der Waals surface area contributed by atoms with Crippen molar-refractivity contribution >= 4 is 27.3 Å². The number of thiophene rings is 1. The van der Waals surface area contributed by atoms with Crippen LogP contribution in [-0.2, 0) is 13.1 Å². The molecule has 0 saturated carbocycles. The van der Waals surface area contributed by atoms with Crippen LogP contribution in [0.3, 0.4) is 0 Å². The van der Waals surface area contributed by atoms with Gasteiger partial charge in [-0.25, -0.2) is 0 Å². The standard InChI is InChI=1S/C14H16BrNO2S/c15-14-7-11(10-19-14)8-16-9-12-3-1-2-4-13(12)18-6-5-17/h1-4,7,10,16-17H,5-6,8-9H2. The normalized spacial score (nSPS) is 10.6. The van der Waals surface area contributed by atoms with Crippen LogP contribution < -0.4 is 10.1 Å². The summed E-state index contributed by atoms with van der Waals surface area (Å²) in [6.07, 6.45) is 0. The smallest absolute Gasteiger partial charge is 0.123 e. The van der Waals surface area contributed by atoms with Crippen molar-refractivity contribution in [2.45, 2.75) is 13.1 Å². The quantitative estimate of drug-likeness (QED) is 0.812.